The van der Waals surface area contributed by atoms with Crippen molar-refractivity contribution >= 4 is 11.8 Å². The van der Waals surface area contributed by atoms with Gasteiger partial charge in [-0.15, -0.1) is 0 Å². The van der Waals surface area contributed by atoms with Crippen LogP contribution in [-0.4, -0.2) is 38.8 Å². The molecule has 0 atom stereocenters. The summed E-state index contributed by atoms with van der Waals surface area (Å²) in [5, 5.41) is 2.95. The molecule has 6 heteroatoms. The molecule has 20 heavy (non-hydrogen) atoms. The summed E-state index contributed by atoms with van der Waals surface area (Å²) in [6, 6.07) is 1.75. The first-order valence-corrected chi connectivity index (χ1v) is 7.06. The first-order chi connectivity index (χ1) is 9.70. The van der Waals surface area contributed by atoms with Crippen molar-refractivity contribution in [3.05, 3.63) is 24.3 Å². The lowest BCUT2D eigenvalue weighted by atomic mass is 9.96. The summed E-state index contributed by atoms with van der Waals surface area (Å²) >= 11 is 0. The first kappa shape index (κ1) is 13.0. The molecule has 1 aromatic heterocycles. The normalized spacial score (nSPS) is 21.9. The van der Waals surface area contributed by atoms with Crippen LogP contribution in [0.25, 0.3) is 0 Å². The molecule has 0 bridgehead atoms. The van der Waals surface area contributed by atoms with E-state index in [9.17, 15) is 9.59 Å². The van der Waals surface area contributed by atoms with E-state index in [1.165, 1.54) is 0 Å². The lowest BCUT2D eigenvalue weighted by Gasteiger charge is -2.31. The van der Waals surface area contributed by atoms with Gasteiger partial charge in [0.15, 0.2) is 0 Å². The molecule has 2 fully saturated rings. The van der Waals surface area contributed by atoms with E-state index in [1.54, 1.807) is 23.4 Å². The molecule has 1 saturated heterocycles. The molecule has 106 valence electrons. The van der Waals surface area contributed by atoms with Crippen molar-refractivity contribution in [3.8, 4) is 0 Å². The molecule has 2 heterocycles. The molecule has 1 aliphatic heterocycles. The Bertz CT molecular complexity index is 511. The van der Waals surface area contributed by atoms with Crippen molar-refractivity contribution < 1.29 is 9.59 Å². The highest BCUT2D eigenvalue weighted by atomic mass is 16.2. The monoisotopic (exact) mass is 274 g/mol. The summed E-state index contributed by atoms with van der Waals surface area (Å²) in [4.78, 5) is 34.7. The van der Waals surface area contributed by atoms with Crippen LogP contribution >= 0.6 is 0 Å². The van der Waals surface area contributed by atoms with Crippen LogP contribution in [0.2, 0.25) is 0 Å². The van der Waals surface area contributed by atoms with E-state index in [2.05, 4.69) is 15.3 Å². The van der Waals surface area contributed by atoms with E-state index in [-0.39, 0.29) is 11.8 Å². The van der Waals surface area contributed by atoms with Crippen LogP contribution in [0.15, 0.2) is 18.5 Å². The Labute approximate surface area is 117 Å². The molecule has 1 aliphatic carbocycles. The van der Waals surface area contributed by atoms with Gasteiger partial charge in [0.25, 0.3) is 0 Å². The Kier molecular flexibility index (Phi) is 3.38. The van der Waals surface area contributed by atoms with Gasteiger partial charge in [-0.05, 0) is 18.9 Å². The number of nitrogens with zero attached hydrogens (tertiary/aromatic N) is 3. The highest BCUT2D eigenvalue weighted by Gasteiger charge is 2.46. The number of carbonyl (C=O) groups excluding carboxylic acids is 2. The predicted molar refractivity (Wildman–Crippen MR) is 71.4 cm³/mol. The quantitative estimate of drug-likeness (QED) is 0.858. The van der Waals surface area contributed by atoms with Crippen LogP contribution in [0.5, 0.6) is 0 Å². The van der Waals surface area contributed by atoms with Gasteiger partial charge < -0.3 is 10.2 Å². The van der Waals surface area contributed by atoms with Gasteiger partial charge in [0.1, 0.15) is 11.4 Å². The molecule has 1 spiro atoms. The Morgan fingerprint density at radius 3 is 2.60 bits per heavy atom. The van der Waals surface area contributed by atoms with Crippen LogP contribution in [0.1, 0.15) is 37.9 Å². The molecule has 6 nitrogen and oxygen atoms in total. The third kappa shape index (κ3) is 2.37. The van der Waals surface area contributed by atoms with Gasteiger partial charge in [-0.3, -0.25) is 9.59 Å². The van der Waals surface area contributed by atoms with Crippen molar-refractivity contribution in [1.29, 1.82) is 0 Å². The lowest BCUT2D eigenvalue weighted by molar-refractivity contribution is -0.139. The zero-order valence-corrected chi connectivity index (χ0v) is 11.3. The zero-order chi connectivity index (χ0) is 14.0. The van der Waals surface area contributed by atoms with Crippen molar-refractivity contribution in [3.63, 3.8) is 0 Å². The van der Waals surface area contributed by atoms with E-state index < -0.39 is 5.54 Å². The van der Waals surface area contributed by atoms with Gasteiger partial charge in [-0.25, -0.2) is 9.97 Å². The maximum absolute atomic E-state index is 12.8. The molecule has 1 aromatic rings. The van der Waals surface area contributed by atoms with Crippen molar-refractivity contribution in [2.45, 2.75) is 44.2 Å². The summed E-state index contributed by atoms with van der Waals surface area (Å²) in [7, 11) is 0. The van der Waals surface area contributed by atoms with Crippen molar-refractivity contribution in [1.82, 2.24) is 20.2 Å². The molecule has 2 aliphatic rings. The second-order valence-electron chi connectivity index (χ2n) is 5.48. The highest BCUT2D eigenvalue weighted by molar-refractivity contribution is 5.93. The fourth-order valence-electron chi connectivity index (χ4n) is 3.07. The molecule has 2 amide bonds. The first-order valence-electron chi connectivity index (χ1n) is 7.06. The molecular formula is C14H18N4O2. The number of hydrogen-bond donors (Lipinski definition) is 1. The molecule has 0 unspecified atom stereocenters. The van der Waals surface area contributed by atoms with Crippen LogP contribution in [0.3, 0.4) is 0 Å². The molecular weight excluding hydrogens is 256 g/mol. The predicted octanol–water partition coefficient (Wildman–Crippen LogP) is 0.638. The Hall–Kier alpha value is -1.98. The summed E-state index contributed by atoms with van der Waals surface area (Å²) in [6.07, 6.45) is 7.13. The smallest absolute Gasteiger partial charge is 0.248 e. The third-order valence-electron chi connectivity index (χ3n) is 4.09. The average molecular weight is 274 g/mol. The van der Waals surface area contributed by atoms with Crippen molar-refractivity contribution in [2.24, 2.45) is 0 Å². The van der Waals surface area contributed by atoms with Gasteiger partial charge in [0.05, 0.1) is 6.54 Å². The van der Waals surface area contributed by atoms with Crippen LogP contribution < -0.4 is 5.32 Å². The van der Waals surface area contributed by atoms with Crippen LogP contribution in [0.4, 0.5) is 0 Å². The summed E-state index contributed by atoms with van der Waals surface area (Å²) in [5.74, 6) is 0.605. The van der Waals surface area contributed by atoms with Gasteiger partial charge in [-0.1, -0.05) is 12.8 Å². The van der Waals surface area contributed by atoms with Gasteiger partial charge in [0.2, 0.25) is 11.8 Å². The Balaban J connectivity index is 1.83. The lowest BCUT2D eigenvalue weighted by Crippen LogP contribution is -2.55. The third-order valence-corrected chi connectivity index (χ3v) is 4.09. The fraction of sp³-hybridized carbons (Fsp3) is 0.571. The topological polar surface area (TPSA) is 75.2 Å². The molecule has 0 aromatic carbocycles. The standard InChI is InChI=1S/C14H18N4O2/c19-12-4-9-18(10-11-15-7-3-8-16-11)13(20)14(17-12)5-1-2-6-14/h3,7-8H,1-2,4-6,9-10H2,(H,17,19). The Morgan fingerprint density at radius 2 is 1.90 bits per heavy atom. The summed E-state index contributed by atoms with van der Waals surface area (Å²) in [5.41, 5.74) is -0.678. The van der Waals surface area contributed by atoms with E-state index in [1.807, 2.05) is 0 Å². The van der Waals surface area contributed by atoms with Gasteiger partial charge >= 0.3 is 0 Å². The SMILES string of the molecule is O=C1CCN(Cc2ncccn2)C(=O)C2(CCCC2)N1. The number of rotatable bonds is 2. The zero-order valence-electron chi connectivity index (χ0n) is 11.3. The number of carbonyl (C=O) groups is 2. The largest absolute Gasteiger partial charge is 0.342 e. The Morgan fingerprint density at radius 1 is 1.20 bits per heavy atom. The van der Waals surface area contributed by atoms with E-state index >= 15 is 0 Å². The number of amides is 2. The van der Waals surface area contributed by atoms with E-state index in [4.69, 9.17) is 0 Å². The maximum atomic E-state index is 12.8. The molecule has 1 saturated carbocycles. The fourth-order valence-corrected chi connectivity index (χ4v) is 3.07. The molecule has 3 rings (SSSR count). The van der Waals surface area contributed by atoms with Gasteiger partial charge in [0, 0.05) is 25.4 Å². The summed E-state index contributed by atoms with van der Waals surface area (Å²) in [6.45, 7) is 0.807. The maximum Gasteiger partial charge on any atom is 0.248 e. The van der Waals surface area contributed by atoms with E-state index in [0.717, 1.165) is 25.7 Å². The minimum atomic E-state index is -0.678. The minimum absolute atomic E-state index is 0.0216. The number of nitrogens with one attached hydrogen (secondary N) is 1. The minimum Gasteiger partial charge on any atom is -0.342 e. The summed E-state index contributed by atoms with van der Waals surface area (Å²) < 4.78 is 0. The second-order valence-corrected chi connectivity index (χ2v) is 5.48. The van der Waals surface area contributed by atoms with Crippen LogP contribution in [-0.2, 0) is 16.1 Å². The average Bonchev–Trinajstić information content (AvgIpc) is 2.89. The number of aromatic nitrogens is 2. The number of hydrogen-bond acceptors (Lipinski definition) is 4. The second kappa shape index (κ2) is 5.19. The molecule has 0 radical (unpaired) electrons. The van der Waals surface area contributed by atoms with Crippen molar-refractivity contribution in [2.75, 3.05) is 6.54 Å². The van der Waals surface area contributed by atoms with Gasteiger partial charge in [-0.2, -0.15) is 0 Å². The molecule has 1 N–H and O–H groups in total. The highest BCUT2D eigenvalue weighted by Crippen LogP contribution is 2.33. The van der Waals surface area contributed by atoms with Crippen LogP contribution in [0, 0.1) is 0 Å². The van der Waals surface area contributed by atoms with E-state index in [0.29, 0.717) is 25.3 Å².